The number of phosphoric ester groups is 1. The summed E-state index contributed by atoms with van der Waals surface area (Å²) in [5.41, 5.74) is 5.33. The van der Waals surface area contributed by atoms with E-state index in [9.17, 15) is 14.3 Å². The Labute approximate surface area is 271 Å². The van der Waals surface area contributed by atoms with E-state index in [1.807, 2.05) is 0 Å². The molecule has 0 aliphatic carbocycles. The van der Waals surface area contributed by atoms with Crippen molar-refractivity contribution in [2.45, 2.75) is 174 Å². The molecular weight excluding hydrogens is 577 g/mol. The Kier molecular flexibility index (Phi) is 33.0. The van der Waals surface area contributed by atoms with Crippen molar-refractivity contribution >= 4 is 13.8 Å². The van der Waals surface area contributed by atoms with Crippen LogP contribution in [0, 0.1) is 0 Å². The van der Waals surface area contributed by atoms with E-state index < -0.39 is 13.9 Å². The van der Waals surface area contributed by atoms with Crippen LogP contribution in [0.15, 0.2) is 12.2 Å². The Morgan fingerprint density at radius 2 is 1.14 bits per heavy atom. The lowest BCUT2D eigenvalue weighted by molar-refractivity contribution is -0.154. The zero-order valence-electron chi connectivity index (χ0n) is 28.7. The molecule has 262 valence electrons. The Balaban J connectivity index is 3.94. The van der Waals surface area contributed by atoms with E-state index >= 15 is 0 Å². The van der Waals surface area contributed by atoms with Gasteiger partial charge in [0.15, 0.2) is 0 Å². The van der Waals surface area contributed by atoms with Crippen molar-refractivity contribution in [1.29, 1.82) is 0 Å². The number of ether oxygens (including phenoxy) is 2. The van der Waals surface area contributed by atoms with E-state index in [-0.39, 0.29) is 32.3 Å². The van der Waals surface area contributed by atoms with Crippen LogP contribution in [0.3, 0.4) is 0 Å². The number of unbranched alkanes of at least 4 members (excludes halogenated alkanes) is 20. The molecule has 0 aliphatic heterocycles. The highest BCUT2D eigenvalue weighted by Crippen LogP contribution is 2.43. The number of hydrogen-bond donors (Lipinski definition) is 2. The van der Waals surface area contributed by atoms with E-state index in [0.29, 0.717) is 13.0 Å². The van der Waals surface area contributed by atoms with Crippen molar-refractivity contribution in [2.75, 3.05) is 33.0 Å². The summed E-state index contributed by atoms with van der Waals surface area (Å²) in [5.74, 6) is -0.335. The Bertz CT molecular complexity index is 692. The molecule has 8 nitrogen and oxygen atoms in total. The smallest absolute Gasteiger partial charge is 0.457 e. The molecule has 3 N–H and O–H groups in total. The highest BCUT2D eigenvalue weighted by atomic mass is 31.2. The lowest BCUT2D eigenvalue weighted by Gasteiger charge is -2.20. The zero-order valence-corrected chi connectivity index (χ0v) is 29.6. The summed E-state index contributed by atoms with van der Waals surface area (Å²) in [7, 11) is -4.25. The maximum atomic E-state index is 12.5. The first-order chi connectivity index (χ1) is 21.4. The van der Waals surface area contributed by atoms with Gasteiger partial charge in [0.05, 0.1) is 19.8 Å². The normalized spacial score (nSPS) is 13.8. The fourth-order valence-corrected chi connectivity index (χ4v) is 5.76. The van der Waals surface area contributed by atoms with Gasteiger partial charge in [0.25, 0.3) is 0 Å². The predicted molar refractivity (Wildman–Crippen MR) is 183 cm³/mol. The molecule has 0 saturated carbocycles. The molecule has 2 unspecified atom stereocenters. The number of nitrogens with two attached hydrogens (primary N) is 1. The highest BCUT2D eigenvalue weighted by Gasteiger charge is 2.25. The van der Waals surface area contributed by atoms with Crippen LogP contribution in [-0.2, 0) is 27.9 Å². The summed E-state index contributed by atoms with van der Waals surface area (Å²) in [4.78, 5) is 22.2. The van der Waals surface area contributed by atoms with Crippen LogP contribution in [0.25, 0.3) is 0 Å². The first-order valence-electron chi connectivity index (χ1n) is 18.2. The van der Waals surface area contributed by atoms with Gasteiger partial charge in [-0.2, -0.15) is 0 Å². The minimum absolute atomic E-state index is 0.0935. The van der Waals surface area contributed by atoms with Crippen molar-refractivity contribution in [3.05, 3.63) is 12.2 Å². The Hall–Kier alpha value is -0.760. The molecule has 0 aliphatic rings. The third-order valence-electron chi connectivity index (χ3n) is 7.68. The molecule has 0 radical (unpaired) electrons. The van der Waals surface area contributed by atoms with Crippen LogP contribution < -0.4 is 5.73 Å². The number of carbonyl (C=O) groups excluding carboxylic acids is 1. The molecule has 9 heteroatoms. The van der Waals surface area contributed by atoms with Gasteiger partial charge < -0.3 is 20.1 Å². The number of allylic oxidation sites excluding steroid dienone is 2. The van der Waals surface area contributed by atoms with Crippen molar-refractivity contribution < 1.29 is 32.8 Å². The van der Waals surface area contributed by atoms with E-state index in [1.54, 1.807) is 0 Å². The van der Waals surface area contributed by atoms with Gasteiger partial charge >= 0.3 is 13.8 Å². The fraction of sp³-hybridized carbons (Fsp3) is 0.914. The molecule has 0 spiro atoms. The molecular formula is C35H70NO7P. The second-order valence-corrected chi connectivity index (χ2v) is 13.5. The van der Waals surface area contributed by atoms with Crippen LogP contribution >= 0.6 is 7.82 Å². The van der Waals surface area contributed by atoms with Crippen LogP contribution in [-0.4, -0.2) is 49.9 Å². The van der Waals surface area contributed by atoms with E-state index in [4.69, 9.17) is 24.3 Å². The number of esters is 1. The number of hydrogen-bond acceptors (Lipinski definition) is 7. The van der Waals surface area contributed by atoms with Gasteiger partial charge in [-0.1, -0.05) is 135 Å². The first-order valence-corrected chi connectivity index (χ1v) is 19.7. The lowest BCUT2D eigenvalue weighted by atomic mass is 10.1. The average molecular weight is 648 g/mol. The van der Waals surface area contributed by atoms with E-state index in [0.717, 1.165) is 32.1 Å². The van der Waals surface area contributed by atoms with Gasteiger partial charge in [0.1, 0.15) is 6.10 Å². The molecule has 0 aromatic heterocycles. The van der Waals surface area contributed by atoms with Crippen LogP contribution in [0.4, 0.5) is 0 Å². The summed E-state index contributed by atoms with van der Waals surface area (Å²) in [6, 6.07) is 0. The SMILES string of the molecule is CCCCCCCC/C=C\CCCCCCCCCCCC(=O)OC(COCCCCCCCC)COP(=O)(O)OCCN. The summed E-state index contributed by atoms with van der Waals surface area (Å²) in [6.07, 6.45) is 32.4. The fourth-order valence-electron chi connectivity index (χ4n) is 4.99. The molecule has 0 bridgehead atoms. The van der Waals surface area contributed by atoms with Crippen LogP contribution in [0.2, 0.25) is 0 Å². The van der Waals surface area contributed by atoms with Gasteiger partial charge in [-0.15, -0.1) is 0 Å². The van der Waals surface area contributed by atoms with Crippen molar-refractivity contribution in [3.63, 3.8) is 0 Å². The molecule has 0 fully saturated rings. The minimum Gasteiger partial charge on any atom is -0.457 e. The van der Waals surface area contributed by atoms with Gasteiger partial charge in [-0.05, 0) is 38.5 Å². The lowest BCUT2D eigenvalue weighted by Crippen LogP contribution is -2.28. The zero-order chi connectivity index (χ0) is 32.4. The van der Waals surface area contributed by atoms with Crippen molar-refractivity contribution in [1.82, 2.24) is 0 Å². The van der Waals surface area contributed by atoms with Gasteiger partial charge in [0.2, 0.25) is 0 Å². The van der Waals surface area contributed by atoms with Crippen LogP contribution in [0.5, 0.6) is 0 Å². The van der Waals surface area contributed by atoms with Crippen molar-refractivity contribution in [2.24, 2.45) is 5.73 Å². The molecule has 2 atom stereocenters. The van der Waals surface area contributed by atoms with E-state index in [1.165, 1.54) is 116 Å². The Morgan fingerprint density at radius 3 is 1.66 bits per heavy atom. The summed E-state index contributed by atoms with van der Waals surface area (Å²) >= 11 is 0. The van der Waals surface area contributed by atoms with E-state index in [2.05, 4.69) is 26.0 Å². The standard InChI is InChI=1S/C35H70NO7P/c1-3-5-7-9-11-12-13-14-15-16-17-18-19-20-21-22-23-24-26-28-35(37)43-34(33-42-44(38,39)41-31-29-36)32-40-30-27-25-10-8-6-4-2/h14-15,34H,3-13,16-33,36H2,1-2H3,(H,38,39)/b15-14-. The van der Waals surface area contributed by atoms with Gasteiger partial charge in [-0.3, -0.25) is 13.8 Å². The second-order valence-electron chi connectivity index (χ2n) is 12.1. The Morgan fingerprint density at radius 1 is 0.659 bits per heavy atom. The van der Waals surface area contributed by atoms with Gasteiger partial charge in [0, 0.05) is 19.6 Å². The maximum Gasteiger partial charge on any atom is 0.472 e. The monoisotopic (exact) mass is 647 g/mol. The van der Waals surface area contributed by atoms with Gasteiger partial charge in [-0.25, -0.2) is 4.57 Å². The van der Waals surface area contributed by atoms with Crippen molar-refractivity contribution in [3.8, 4) is 0 Å². The molecule has 0 aromatic rings. The topological polar surface area (TPSA) is 117 Å². The molecule has 0 saturated heterocycles. The quantitative estimate of drug-likeness (QED) is 0.0302. The summed E-state index contributed by atoms with van der Waals surface area (Å²) in [6.45, 7) is 4.87. The number of phosphoric acid groups is 1. The summed E-state index contributed by atoms with van der Waals surface area (Å²) in [5, 5.41) is 0. The molecule has 0 amide bonds. The molecule has 0 aromatic carbocycles. The minimum atomic E-state index is -4.25. The predicted octanol–water partition coefficient (Wildman–Crippen LogP) is 9.97. The number of carbonyl (C=O) groups is 1. The molecule has 0 heterocycles. The molecule has 44 heavy (non-hydrogen) atoms. The largest absolute Gasteiger partial charge is 0.472 e. The van der Waals surface area contributed by atoms with Crippen LogP contribution in [0.1, 0.15) is 168 Å². The molecule has 0 rings (SSSR count). The number of rotatable bonds is 35. The highest BCUT2D eigenvalue weighted by molar-refractivity contribution is 7.47. The third kappa shape index (κ3) is 32.6. The summed E-state index contributed by atoms with van der Waals surface area (Å²) < 4.78 is 33.0. The first kappa shape index (κ1) is 43.2. The second kappa shape index (κ2) is 33.6. The third-order valence-corrected chi connectivity index (χ3v) is 8.67. The average Bonchev–Trinajstić information content (AvgIpc) is 3.01. The maximum absolute atomic E-state index is 12.5.